The van der Waals surface area contributed by atoms with Crippen LogP contribution in [0.1, 0.15) is 0 Å². The second kappa shape index (κ2) is 46.5. The summed E-state index contributed by atoms with van der Waals surface area (Å²) in [5.74, 6) is 0. The maximum atomic E-state index is 7.75. The molecule has 0 aromatic rings. The van der Waals surface area contributed by atoms with E-state index in [4.69, 9.17) is 4.70 Å². The fraction of sp³-hybridized carbons (Fsp3) is 0. The zero-order valence-electron chi connectivity index (χ0n) is 2.04. The van der Waals surface area contributed by atoms with Crippen molar-refractivity contribution in [2.75, 3.05) is 0 Å². The van der Waals surface area contributed by atoms with Crippen LogP contribution in [-0.4, -0.2) is 7.72 Å². The Bertz CT molecular complexity index is 11.6. The van der Waals surface area contributed by atoms with Crippen molar-refractivity contribution < 1.29 is 59.9 Å². The molecule has 0 aliphatic rings. The number of hydrogen-bond donors (Lipinski definition) is 0. The van der Waals surface area contributed by atoms with E-state index < -0.39 is 0 Å². The Hall–Kier alpha value is 1.59. The molecule has 34 valence electrons. The summed E-state index contributed by atoms with van der Waals surface area (Å²) in [6, 6.07) is 0. The Morgan fingerprint density at radius 3 is 1.20 bits per heavy atom. The molecule has 0 bridgehead atoms. The molecule has 0 heterocycles. The molecule has 2 radical (unpaired) electrons. The van der Waals surface area contributed by atoms with Gasteiger partial charge in [-0.05, 0) is 0 Å². The van der Waals surface area contributed by atoms with Gasteiger partial charge in [0, 0.05) is 55.2 Å². The molecule has 1 nitrogen and oxygen atoms in total. The van der Waals surface area contributed by atoms with Crippen molar-refractivity contribution in [2.24, 2.45) is 0 Å². The van der Waals surface area contributed by atoms with Crippen molar-refractivity contribution in [1.29, 1.82) is 0 Å². The SMILES string of the molecule is [B]=O.[Co].[Cr].[Pt]. The largest absolute Gasteiger partial charge is 0 e. The molecule has 5 heteroatoms. The van der Waals surface area contributed by atoms with Gasteiger partial charge in [-0.1, -0.05) is 0 Å². The first-order chi connectivity index (χ1) is 1.00. The average Bonchev–Trinajstić information content (AvgIpc) is 1.00. The van der Waals surface area contributed by atoms with Crippen LogP contribution in [-0.2, 0) is 59.9 Å². The molecule has 0 aromatic carbocycles. The first kappa shape index (κ1) is 30.7. The van der Waals surface area contributed by atoms with Gasteiger partial charge in [-0.25, -0.2) is 0 Å². The van der Waals surface area contributed by atoms with Gasteiger partial charge >= 0.3 is 12.4 Å². The van der Waals surface area contributed by atoms with Gasteiger partial charge < -0.3 is 0 Å². The van der Waals surface area contributed by atoms with Gasteiger partial charge in [0.25, 0.3) is 0 Å². The molecule has 0 saturated heterocycles. The Morgan fingerprint density at radius 2 is 1.20 bits per heavy atom. The fourth-order valence-corrected chi connectivity index (χ4v) is 0. The first-order valence-corrected chi connectivity index (χ1v) is 0.236. The van der Waals surface area contributed by atoms with Crippen molar-refractivity contribution in [3.05, 3.63) is 0 Å². The van der Waals surface area contributed by atoms with Gasteiger partial charge in [-0.3, -0.25) is 0 Å². The summed E-state index contributed by atoms with van der Waals surface area (Å²) in [5, 5.41) is 0. The molecule has 0 aliphatic heterocycles. The Kier molecular flexibility index (Phi) is 285. The van der Waals surface area contributed by atoms with Crippen molar-refractivity contribution in [2.45, 2.75) is 0 Å². The van der Waals surface area contributed by atoms with E-state index in [0.29, 0.717) is 0 Å². The van der Waals surface area contributed by atoms with Crippen LogP contribution in [0.15, 0.2) is 0 Å². The maximum Gasteiger partial charge on any atom is 0 e. The molecule has 0 N–H and O–H groups in total. The monoisotopic (exact) mass is 333 g/mol. The van der Waals surface area contributed by atoms with Gasteiger partial charge in [0.1, 0.15) is 0 Å². The van der Waals surface area contributed by atoms with Gasteiger partial charge in [0.15, 0.2) is 0 Å². The Balaban J connectivity index is -0.00000000167. The van der Waals surface area contributed by atoms with E-state index >= 15 is 0 Å². The summed E-state index contributed by atoms with van der Waals surface area (Å²) in [7, 11) is 3.25. The van der Waals surface area contributed by atoms with Gasteiger partial charge in [0.05, 0.1) is 0 Å². The summed E-state index contributed by atoms with van der Waals surface area (Å²) in [6.07, 6.45) is 0. The first-order valence-electron chi connectivity index (χ1n) is 0.236. The topological polar surface area (TPSA) is 17.1 Å². The van der Waals surface area contributed by atoms with Crippen LogP contribution < -0.4 is 0 Å². The van der Waals surface area contributed by atoms with Crippen molar-refractivity contribution in [3.8, 4) is 0 Å². The zero-order chi connectivity index (χ0) is 2.00. The average molecular weight is 333 g/mol. The molecule has 5 heavy (non-hydrogen) atoms. The maximum absolute atomic E-state index is 7.75. The number of hydrogen-bond acceptors (Lipinski definition) is 1. The fourth-order valence-electron chi connectivity index (χ4n) is 0. The second-order valence-corrected chi connectivity index (χ2v) is 0. The van der Waals surface area contributed by atoms with Gasteiger partial charge in [-0.2, -0.15) is 0 Å². The predicted molar refractivity (Wildman–Crippen MR) is 6.44 cm³/mol. The summed E-state index contributed by atoms with van der Waals surface area (Å²) in [5.41, 5.74) is 0. The normalized spacial score (nSPS) is 0.600. The second-order valence-electron chi connectivity index (χ2n) is 0. The van der Waals surface area contributed by atoms with E-state index in [2.05, 4.69) is 7.72 Å². The molecule has 0 aromatic heterocycles. The summed E-state index contributed by atoms with van der Waals surface area (Å²) < 4.78 is 7.75. The Labute approximate surface area is 67.3 Å². The molecule has 0 fully saturated rings. The molecule has 0 atom stereocenters. The van der Waals surface area contributed by atoms with E-state index in [9.17, 15) is 0 Å². The van der Waals surface area contributed by atoms with E-state index in [0.717, 1.165) is 0 Å². The molecular weight excluding hydrogens is 333 g/mol. The minimum Gasteiger partial charge on any atom is 0 e. The van der Waals surface area contributed by atoms with Crippen molar-refractivity contribution in [3.63, 3.8) is 0 Å². The molecule has 0 aliphatic carbocycles. The summed E-state index contributed by atoms with van der Waals surface area (Å²) >= 11 is 0. The van der Waals surface area contributed by atoms with Crippen LogP contribution in [0.3, 0.4) is 0 Å². The van der Waals surface area contributed by atoms with Crippen molar-refractivity contribution in [1.82, 2.24) is 0 Å². The predicted octanol–water partition coefficient (Wildman–Crippen LogP) is -0.507. The smallest absolute Gasteiger partial charge is 0 e. The van der Waals surface area contributed by atoms with Gasteiger partial charge in [0.2, 0.25) is 0 Å². The van der Waals surface area contributed by atoms with Crippen LogP contribution in [0.25, 0.3) is 0 Å². The third-order valence-corrected chi connectivity index (χ3v) is 0. The van der Waals surface area contributed by atoms with Gasteiger partial charge in [-0.15, -0.1) is 0 Å². The molecule has 0 unspecified atom stereocenters. The van der Waals surface area contributed by atoms with E-state index in [1.54, 1.807) is 0 Å². The van der Waals surface area contributed by atoms with Crippen LogP contribution in [0.5, 0.6) is 0 Å². The minimum absolute atomic E-state index is 0. The standard InChI is InChI=1S/BO.Co.Cr.Pt/c1-2;;;. The third kappa shape index (κ3) is 28.5. The van der Waals surface area contributed by atoms with Crippen molar-refractivity contribution >= 4 is 7.72 Å². The molecule has 0 saturated carbocycles. The van der Waals surface area contributed by atoms with E-state index in [1.165, 1.54) is 0 Å². The summed E-state index contributed by atoms with van der Waals surface area (Å²) in [4.78, 5) is 0. The Morgan fingerprint density at radius 1 is 1.20 bits per heavy atom. The van der Waals surface area contributed by atoms with Crippen LogP contribution in [0, 0.1) is 0 Å². The molecule has 0 spiro atoms. The summed E-state index contributed by atoms with van der Waals surface area (Å²) in [6.45, 7) is 0. The van der Waals surface area contributed by atoms with Crippen LogP contribution in [0.4, 0.5) is 0 Å². The molecule has 0 amide bonds. The third-order valence-electron chi connectivity index (χ3n) is 0. The molecular formula is BCoCrOPt. The van der Waals surface area contributed by atoms with E-state index in [-0.39, 0.29) is 55.2 Å². The molecule has 0 rings (SSSR count). The quantitative estimate of drug-likeness (QED) is 0.546. The van der Waals surface area contributed by atoms with Crippen LogP contribution in [0.2, 0.25) is 0 Å². The number of rotatable bonds is 0. The van der Waals surface area contributed by atoms with Crippen LogP contribution >= 0.6 is 0 Å². The minimum atomic E-state index is 0. The zero-order valence-corrected chi connectivity index (χ0v) is 6.63. The van der Waals surface area contributed by atoms with E-state index in [1.807, 2.05) is 0 Å².